The Morgan fingerprint density at radius 3 is 2.84 bits per heavy atom. The summed E-state index contributed by atoms with van der Waals surface area (Å²) in [6.07, 6.45) is 2.20. The van der Waals surface area contributed by atoms with Crippen molar-refractivity contribution in [3.63, 3.8) is 0 Å². The second-order valence-corrected chi connectivity index (χ2v) is 5.19. The number of hydrogen-bond donors (Lipinski definition) is 1. The summed E-state index contributed by atoms with van der Waals surface area (Å²) in [4.78, 5) is 14.0. The van der Waals surface area contributed by atoms with Gasteiger partial charge in [-0.3, -0.25) is 4.79 Å². The molecule has 0 saturated carbocycles. The van der Waals surface area contributed by atoms with Crippen LogP contribution in [0.4, 0.5) is 0 Å². The topological polar surface area (TPSA) is 55.6 Å². The molecule has 0 radical (unpaired) electrons. The number of hydrogen-bond acceptors (Lipinski definition) is 3. The van der Waals surface area contributed by atoms with E-state index < -0.39 is 6.04 Å². The molecule has 1 heterocycles. The van der Waals surface area contributed by atoms with Crippen LogP contribution in [0, 0.1) is 5.92 Å². The van der Waals surface area contributed by atoms with Crippen molar-refractivity contribution in [1.29, 1.82) is 0 Å². The first-order chi connectivity index (χ1) is 9.18. The highest BCUT2D eigenvalue weighted by Gasteiger charge is 2.23. The SMILES string of the molecule is CN(CC1CCCOC1)C(=O)C(N)c1ccccc1. The monoisotopic (exact) mass is 262 g/mol. The molecule has 0 aromatic heterocycles. The third-order valence-corrected chi connectivity index (χ3v) is 3.59. The number of rotatable bonds is 4. The average Bonchev–Trinajstić information content (AvgIpc) is 2.47. The Morgan fingerprint density at radius 2 is 2.21 bits per heavy atom. The standard InChI is InChI=1S/C15H22N2O2/c1-17(10-12-6-5-9-19-11-12)15(18)14(16)13-7-3-2-4-8-13/h2-4,7-8,12,14H,5-6,9-11,16H2,1H3. The first-order valence-corrected chi connectivity index (χ1v) is 6.81. The summed E-state index contributed by atoms with van der Waals surface area (Å²) in [5.74, 6) is 0.405. The number of amides is 1. The lowest BCUT2D eigenvalue weighted by molar-refractivity contribution is -0.132. The fraction of sp³-hybridized carbons (Fsp3) is 0.533. The highest BCUT2D eigenvalue weighted by molar-refractivity contribution is 5.82. The first-order valence-electron chi connectivity index (χ1n) is 6.81. The minimum atomic E-state index is -0.573. The van der Waals surface area contributed by atoms with E-state index in [4.69, 9.17) is 10.5 Å². The summed E-state index contributed by atoms with van der Waals surface area (Å²) in [6, 6.07) is 8.93. The van der Waals surface area contributed by atoms with E-state index in [1.807, 2.05) is 37.4 Å². The molecule has 1 amide bonds. The van der Waals surface area contributed by atoms with Gasteiger partial charge in [0.1, 0.15) is 6.04 Å². The number of carbonyl (C=O) groups excluding carboxylic acids is 1. The minimum absolute atomic E-state index is 0.0308. The van der Waals surface area contributed by atoms with E-state index in [-0.39, 0.29) is 5.91 Å². The number of nitrogens with two attached hydrogens (primary N) is 1. The van der Waals surface area contributed by atoms with Gasteiger partial charge in [-0.1, -0.05) is 30.3 Å². The minimum Gasteiger partial charge on any atom is -0.381 e. The molecule has 0 aliphatic carbocycles. The predicted molar refractivity (Wildman–Crippen MR) is 74.6 cm³/mol. The van der Waals surface area contributed by atoms with Gasteiger partial charge in [0, 0.05) is 20.2 Å². The quantitative estimate of drug-likeness (QED) is 0.896. The van der Waals surface area contributed by atoms with Crippen molar-refractivity contribution in [1.82, 2.24) is 4.90 Å². The maximum atomic E-state index is 12.3. The van der Waals surface area contributed by atoms with Crippen LogP contribution in [0.25, 0.3) is 0 Å². The van der Waals surface area contributed by atoms with Crippen LogP contribution in [-0.2, 0) is 9.53 Å². The van der Waals surface area contributed by atoms with E-state index in [1.54, 1.807) is 4.90 Å². The van der Waals surface area contributed by atoms with Crippen LogP contribution in [-0.4, -0.2) is 37.6 Å². The van der Waals surface area contributed by atoms with Crippen molar-refractivity contribution in [3.05, 3.63) is 35.9 Å². The van der Waals surface area contributed by atoms with Gasteiger partial charge in [0.15, 0.2) is 0 Å². The van der Waals surface area contributed by atoms with Gasteiger partial charge in [-0.15, -0.1) is 0 Å². The highest BCUT2D eigenvalue weighted by atomic mass is 16.5. The van der Waals surface area contributed by atoms with Crippen LogP contribution in [0.5, 0.6) is 0 Å². The molecule has 2 rings (SSSR count). The molecule has 4 heteroatoms. The van der Waals surface area contributed by atoms with Gasteiger partial charge >= 0.3 is 0 Å². The first kappa shape index (κ1) is 14.0. The molecule has 1 aliphatic rings. The van der Waals surface area contributed by atoms with Gasteiger partial charge in [-0.25, -0.2) is 0 Å². The summed E-state index contributed by atoms with van der Waals surface area (Å²) >= 11 is 0. The van der Waals surface area contributed by atoms with E-state index >= 15 is 0 Å². The van der Waals surface area contributed by atoms with E-state index in [2.05, 4.69) is 0 Å². The van der Waals surface area contributed by atoms with Gasteiger partial charge in [-0.05, 0) is 24.3 Å². The lowest BCUT2D eigenvalue weighted by atomic mass is 10.0. The molecular weight excluding hydrogens is 240 g/mol. The molecule has 104 valence electrons. The lowest BCUT2D eigenvalue weighted by Crippen LogP contribution is -2.40. The summed E-state index contributed by atoms with van der Waals surface area (Å²) in [5, 5.41) is 0. The molecule has 4 nitrogen and oxygen atoms in total. The Balaban J connectivity index is 1.91. The molecule has 0 bridgehead atoms. The molecule has 2 atom stereocenters. The second-order valence-electron chi connectivity index (χ2n) is 5.19. The Morgan fingerprint density at radius 1 is 1.47 bits per heavy atom. The highest BCUT2D eigenvalue weighted by Crippen LogP contribution is 2.17. The van der Waals surface area contributed by atoms with Gasteiger partial charge in [0.2, 0.25) is 5.91 Å². The van der Waals surface area contributed by atoms with Crippen molar-refractivity contribution < 1.29 is 9.53 Å². The van der Waals surface area contributed by atoms with Gasteiger partial charge in [0.25, 0.3) is 0 Å². The van der Waals surface area contributed by atoms with Gasteiger partial charge in [-0.2, -0.15) is 0 Å². The summed E-state index contributed by atoms with van der Waals surface area (Å²) in [5.41, 5.74) is 6.88. The fourth-order valence-electron chi connectivity index (χ4n) is 2.47. The van der Waals surface area contributed by atoms with Crippen LogP contribution in [0.2, 0.25) is 0 Å². The Bertz CT molecular complexity index is 402. The Labute approximate surface area is 114 Å². The van der Waals surface area contributed by atoms with Gasteiger partial charge in [0.05, 0.1) is 6.61 Å². The number of nitrogens with zero attached hydrogens (tertiary/aromatic N) is 1. The van der Waals surface area contributed by atoms with Crippen molar-refractivity contribution in [3.8, 4) is 0 Å². The molecule has 1 aromatic rings. The predicted octanol–water partition coefficient (Wildman–Crippen LogP) is 1.57. The number of benzene rings is 1. The third kappa shape index (κ3) is 3.78. The van der Waals surface area contributed by atoms with E-state index in [0.29, 0.717) is 5.92 Å². The fourth-order valence-corrected chi connectivity index (χ4v) is 2.47. The smallest absolute Gasteiger partial charge is 0.243 e. The maximum Gasteiger partial charge on any atom is 0.243 e. The summed E-state index contributed by atoms with van der Waals surface area (Å²) < 4.78 is 5.44. The number of ether oxygens (including phenoxy) is 1. The zero-order valence-corrected chi connectivity index (χ0v) is 11.4. The van der Waals surface area contributed by atoms with Crippen LogP contribution in [0.15, 0.2) is 30.3 Å². The molecular formula is C15H22N2O2. The normalized spacial score (nSPS) is 20.8. The zero-order chi connectivity index (χ0) is 13.7. The lowest BCUT2D eigenvalue weighted by Gasteiger charge is -2.28. The van der Waals surface area contributed by atoms with E-state index in [9.17, 15) is 4.79 Å². The second kappa shape index (κ2) is 6.68. The van der Waals surface area contributed by atoms with Crippen molar-refractivity contribution in [2.24, 2.45) is 11.7 Å². The maximum absolute atomic E-state index is 12.3. The molecule has 0 spiro atoms. The van der Waals surface area contributed by atoms with Crippen LogP contribution in [0.3, 0.4) is 0 Å². The van der Waals surface area contributed by atoms with Crippen LogP contribution >= 0.6 is 0 Å². The Hall–Kier alpha value is -1.39. The summed E-state index contributed by atoms with van der Waals surface area (Å²) in [7, 11) is 1.82. The number of likely N-dealkylation sites (N-methyl/N-ethyl adjacent to an activating group) is 1. The van der Waals surface area contributed by atoms with Crippen molar-refractivity contribution >= 4 is 5.91 Å². The molecule has 1 aliphatic heterocycles. The van der Waals surface area contributed by atoms with Crippen LogP contribution < -0.4 is 5.73 Å². The Kier molecular flexibility index (Phi) is 4.93. The van der Waals surface area contributed by atoms with Crippen molar-refractivity contribution in [2.75, 3.05) is 26.8 Å². The molecule has 1 fully saturated rings. The molecule has 19 heavy (non-hydrogen) atoms. The van der Waals surface area contributed by atoms with E-state index in [1.165, 1.54) is 0 Å². The van der Waals surface area contributed by atoms with Gasteiger partial charge < -0.3 is 15.4 Å². The molecule has 2 unspecified atom stereocenters. The van der Waals surface area contributed by atoms with Crippen molar-refractivity contribution in [2.45, 2.75) is 18.9 Å². The third-order valence-electron chi connectivity index (χ3n) is 3.59. The zero-order valence-electron chi connectivity index (χ0n) is 11.4. The summed E-state index contributed by atoms with van der Waals surface area (Å²) in [6.45, 7) is 2.31. The number of carbonyl (C=O) groups is 1. The molecule has 2 N–H and O–H groups in total. The largest absolute Gasteiger partial charge is 0.381 e. The molecule has 1 aromatic carbocycles. The molecule has 1 saturated heterocycles. The van der Waals surface area contributed by atoms with Crippen LogP contribution in [0.1, 0.15) is 24.4 Å². The van der Waals surface area contributed by atoms with E-state index in [0.717, 1.165) is 38.2 Å². The average molecular weight is 262 g/mol.